The molecular weight excluding hydrogens is 335 g/mol. The van der Waals surface area contributed by atoms with Crippen LogP contribution in [0.4, 0.5) is 9.39 Å². The smallest absolute Gasteiger partial charge is 0.344 e. The Morgan fingerprint density at radius 1 is 1.33 bits per heavy atom. The van der Waals surface area contributed by atoms with Gasteiger partial charge in [-0.3, -0.25) is 4.79 Å². The summed E-state index contributed by atoms with van der Waals surface area (Å²) in [7, 11) is 0. The molecule has 1 atom stereocenters. The summed E-state index contributed by atoms with van der Waals surface area (Å²) in [4.78, 5) is 23.6. The third-order valence-electron chi connectivity index (χ3n) is 2.87. The maximum absolute atomic E-state index is 12.7. The molecule has 8 heteroatoms. The highest BCUT2D eigenvalue weighted by atomic mass is 32.1. The Balaban J connectivity index is 1.81. The fourth-order valence-electron chi connectivity index (χ4n) is 1.67. The molecule has 1 amide bonds. The molecule has 0 unspecified atom stereocenters. The summed E-state index contributed by atoms with van der Waals surface area (Å²) in [6.45, 7) is 0.997. The van der Waals surface area contributed by atoms with E-state index in [9.17, 15) is 14.0 Å². The van der Waals surface area contributed by atoms with Gasteiger partial charge in [-0.2, -0.15) is 5.26 Å². The molecule has 24 heavy (non-hydrogen) atoms. The fraction of sp³-hybridized carbons (Fsp3) is 0.188. The predicted octanol–water partition coefficient (Wildman–Crippen LogP) is 2.71. The van der Waals surface area contributed by atoms with Crippen molar-refractivity contribution in [2.75, 3.05) is 11.9 Å². The summed E-state index contributed by atoms with van der Waals surface area (Å²) >= 11 is 1.20. The lowest BCUT2D eigenvalue weighted by molar-refractivity contribution is -0.155. The summed E-state index contributed by atoms with van der Waals surface area (Å²) in [5.74, 6) is -1.40. The summed E-state index contributed by atoms with van der Waals surface area (Å²) in [5.41, 5.74) is 0.339. The van der Waals surface area contributed by atoms with Gasteiger partial charge in [-0.15, -0.1) is 11.3 Å². The van der Waals surface area contributed by atoms with Crippen LogP contribution in [-0.2, 0) is 14.3 Å². The molecule has 1 aromatic carbocycles. The number of anilines is 1. The number of nitrogens with zero attached hydrogens (tertiary/aromatic N) is 1. The molecule has 1 aromatic heterocycles. The Hall–Kier alpha value is -2.92. The number of hydrogen-bond donors (Lipinski definition) is 1. The van der Waals surface area contributed by atoms with Gasteiger partial charge in [-0.05, 0) is 42.6 Å². The number of rotatable bonds is 6. The molecule has 0 saturated carbocycles. The molecule has 124 valence electrons. The minimum absolute atomic E-state index is 0.308. The number of nitriles is 1. The number of esters is 1. The van der Waals surface area contributed by atoms with Crippen LogP contribution in [0, 0.1) is 17.1 Å². The van der Waals surface area contributed by atoms with Gasteiger partial charge in [0.25, 0.3) is 5.91 Å². The Bertz CT molecular complexity index is 767. The van der Waals surface area contributed by atoms with E-state index in [2.05, 4.69) is 5.32 Å². The first-order chi connectivity index (χ1) is 11.5. The molecule has 2 rings (SSSR count). The second kappa shape index (κ2) is 8.08. The predicted molar refractivity (Wildman–Crippen MR) is 85.1 cm³/mol. The third kappa shape index (κ3) is 4.79. The van der Waals surface area contributed by atoms with E-state index in [0.29, 0.717) is 16.3 Å². The zero-order chi connectivity index (χ0) is 17.5. The zero-order valence-electron chi connectivity index (χ0n) is 12.6. The molecular formula is C16H13FN2O4S. The number of carbonyl (C=O) groups is 2. The average Bonchev–Trinajstić information content (AvgIpc) is 3.01. The molecule has 0 aliphatic rings. The second-order valence-electron chi connectivity index (χ2n) is 4.64. The van der Waals surface area contributed by atoms with E-state index in [0.717, 1.165) is 0 Å². The van der Waals surface area contributed by atoms with Gasteiger partial charge < -0.3 is 14.8 Å². The Morgan fingerprint density at radius 3 is 2.71 bits per heavy atom. The van der Waals surface area contributed by atoms with E-state index in [1.807, 2.05) is 6.07 Å². The summed E-state index contributed by atoms with van der Waals surface area (Å²) < 4.78 is 22.8. The van der Waals surface area contributed by atoms with E-state index in [4.69, 9.17) is 14.7 Å². The van der Waals surface area contributed by atoms with Gasteiger partial charge in [0.1, 0.15) is 22.6 Å². The number of carbonyl (C=O) groups excluding carboxylic acids is 2. The van der Waals surface area contributed by atoms with Gasteiger partial charge >= 0.3 is 5.97 Å². The Kier molecular flexibility index (Phi) is 5.87. The number of thiophene rings is 1. The van der Waals surface area contributed by atoms with Crippen LogP contribution in [0.15, 0.2) is 35.7 Å². The van der Waals surface area contributed by atoms with Crippen LogP contribution in [0.2, 0.25) is 0 Å². The minimum Gasteiger partial charge on any atom is -0.482 e. The van der Waals surface area contributed by atoms with E-state index >= 15 is 0 Å². The Labute approximate surface area is 141 Å². The number of amides is 1. The highest BCUT2D eigenvalue weighted by molar-refractivity contribution is 7.14. The topological polar surface area (TPSA) is 88.4 Å². The first-order valence-electron chi connectivity index (χ1n) is 6.86. The first kappa shape index (κ1) is 17.4. The largest absolute Gasteiger partial charge is 0.482 e. The van der Waals surface area contributed by atoms with Crippen molar-refractivity contribution in [1.82, 2.24) is 0 Å². The van der Waals surface area contributed by atoms with Gasteiger partial charge in [0.2, 0.25) is 0 Å². The maximum atomic E-state index is 12.7. The molecule has 2 aromatic rings. The van der Waals surface area contributed by atoms with Crippen LogP contribution < -0.4 is 10.1 Å². The molecule has 0 aliphatic heterocycles. The molecule has 0 spiro atoms. The number of nitrogens with one attached hydrogen (secondary N) is 1. The van der Waals surface area contributed by atoms with Crippen LogP contribution in [0.3, 0.4) is 0 Å². The molecule has 0 aliphatic carbocycles. The van der Waals surface area contributed by atoms with Crippen molar-refractivity contribution in [2.45, 2.75) is 13.0 Å². The molecule has 6 nitrogen and oxygen atoms in total. The number of benzene rings is 1. The van der Waals surface area contributed by atoms with Crippen molar-refractivity contribution in [2.24, 2.45) is 0 Å². The van der Waals surface area contributed by atoms with Crippen LogP contribution >= 0.6 is 11.3 Å². The van der Waals surface area contributed by atoms with Crippen LogP contribution in [0.25, 0.3) is 0 Å². The molecule has 0 radical (unpaired) electrons. The lowest BCUT2D eigenvalue weighted by atomic mass is 10.3. The zero-order valence-corrected chi connectivity index (χ0v) is 13.4. The average molecular weight is 348 g/mol. The first-order valence-corrected chi connectivity index (χ1v) is 7.74. The maximum Gasteiger partial charge on any atom is 0.344 e. The summed E-state index contributed by atoms with van der Waals surface area (Å²) in [6, 6.07) is 8.67. The van der Waals surface area contributed by atoms with Crippen LogP contribution in [0.1, 0.15) is 12.5 Å². The molecule has 0 bridgehead atoms. The molecule has 1 heterocycles. The Morgan fingerprint density at radius 2 is 2.04 bits per heavy atom. The van der Waals surface area contributed by atoms with Gasteiger partial charge in [0.15, 0.2) is 12.7 Å². The van der Waals surface area contributed by atoms with Crippen molar-refractivity contribution in [3.8, 4) is 11.8 Å². The van der Waals surface area contributed by atoms with Gasteiger partial charge in [0.05, 0.1) is 5.56 Å². The number of halogens is 1. The fourth-order valence-corrected chi connectivity index (χ4v) is 2.41. The SMILES string of the molecule is C[C@H](OC(=O)COc1ccc(F)cc1)C(=O)Nc1sccc1C#N. The molecule has 1 N–H and O–H groups in total. The van der Waals surface area contributed by atoms with Gasteiger partial charge in [-0.25, -0.2) is 9.18 Å². The van der Waals surface area contributed by atoms with Crippen LogP contribution in [0.5, 0.6) is 5.75 Å². The molecule has 0 fully saturated rings. The lowest BCUT2D eigenvalue weighted by Crippen LogP contribution is -2.31. The summed E-state index contributed by atoms with van der Waals surface area (Å²) in [6.07, 6.45) is -1.05. The van der Waals surface area contributed by atoms with E-state index < -0.39 is 30.4 Å². The van der Waals surface area contributed by atoms with Crippen LogP contribution in [-0.4, -0.2) is 24.6 Å². The van der Waals surface area contributed by atoms with Crippen molar-refractivity contribution in [3.05, 3.63) is 47.1 Å². The highest BCUT2D eigenvalue weighted by Crippen LogP contribution is 2.22. The van der Waals surface area contributed by atoms with E-state index in [-0.39, 0.29) is 0 Å². The van der Waals surface area contributed by atoms with Gasteiger partial charge in [-0.1, -0.05) is 0 Å². The monoisotopic (exact) mass is 348 g/mol. The second-order valence-corrected chi connectivity index (χ2v) is 5.56. The molecule has 0 saturated heterocycles. The standard InChI is InChI=1S/C16H13FN2O4S/c1-10(15(21)19-16-11(8-18)6-7-24-16)23-14(20)9-22-13-4-2-12(17)3-5-13/h2-7,10H,9H2,1H3,(H,19,21)/t10-/m0/s1. The van der Waals surface area contributed by atoms with Crippen molar-refractivity contribution < 1.29 is 23.5 Å². The highest BCUT2D eigenvalue weighted by Gasteiger charge is 2.19. The van der Waals surface area contributed by atoms with E-state index in [1.165, 1.54) is 42.5 Å². The third-order valence-corrected chi connectivity index (χ3v) is 3.70. The number of hydrogen-bond acceptors (Lipinski definition) is 6. The number of ether oxygens (including phenoxy) is 2. The quantitative estimate of drug-likeness (QED) is 0.811. The van der Waals surface area contributed by atoms with Crippen molar-refractivity contribution in [1.29, 1.82) is 5.26 Å². The van der Waals surface area contributed by atoms with Crippen molar-refractivity contribution in [3.63, 3.8) is 0 Å². The minimum atomic E-state index is -1.05. The summed E-state index contributed by atoms with van der Waals surface area (Å²) in [5, 5.41) is 13.5. The lowest BCUT2D eigenvalue weighted by Gasteiger charge is -2.13. The van der Waals surface area contributed by atoms with Crippen molar-refractivity contribution >= 4 is 28.2 Å². The van der Waals surface area contributed by atoms with Gasteiger partial charge in [0, 0.05) is 0 Å². The normalized spacial score (nSPS) is 11.2. The van der Waals surface area contributed by atoms with E-state index in [1.54, 1.807) is 11.4 Å².